The Balaban J connectivity index is 1.71. The van der Waals surface area contributed by atoms with Crippen molar-refractivity contribution >= 4 is 0 Å². The van der Waals surface area contributed by atoms with Crippen LogP contribution in [-0.4, -0.2) is 45.8 Å². The molecule has 23 heavy (non-hydrogen) atoms. The second-order valence-electron chi connectivity index (χ2n) is 6.37. The number of likely N-dealkylation sites (tertiary alicyclic amines) is 1. The maximum Gasteiger partial charge on any atom is 0.118 e. The number of imidazole rings is 1. The Morgan fingerprint density at radius 2 is 2.09 bits per heavy atom. The van der Waals surface area contributed by atoms with E-state index in [2.05, 4.69) is 14.5 Å². The summed E-state index contributed by atoms with van der Waals surface area (Å²) in [6.45, 7) is 4.78. The Bertz CT molecular complexity index is 608. The van der Waals surface area contributed by atoms with E-state index in [1.807, 2.05) is 43.7 Å². The second-order valence-corrected chi connectivity index (χ2v) is 6.37. The van der Waals surface area contributed by atoms with Gasteiger partial charge in [0.25, 0.3) is 0 Å². The Labute approximate surface area is 137 Å². The molecule has 0 bridgehead atoms. The molecule has 2 unspecified atom stereocenters. The van der Waals surface area contributed by atoms with Gasteiger partial charge in [0.05, 0.1) is 13.4 Å². The van der Waals surface area contributed by atoms with Crippen molar-refractivity contribution in [1.29, 1.82) is 0 Å². The van der Waals surface area contributed by atoms with Crippen molar-refractivity contribution in [2.75, 3.05) is 20.2 Å². The number of ether oxygens (including phenoxy) is 1. The average molecular weight is 315 g/mol. The lowest BCUT2D eigenvalue weighted by Crippen LogP contribution is -2.46. The highest BCUT2D eigenvalue weighted by Crippen LogP contribution is 2.35. The van der Waals surface area contributed by atoms with Gasteiger partial charge < -0.3 is 14.4 Å². The molecule has 0 aliphatic carbocycles. The largest absolute Gasteiger partial charge is 0.497 e. The van der Waals surface area contributed by atoms with E-state index in [0.717, 1.165) is 43.8 Å². The molecule has 1 aromatic carbocycles. The van der Waals surface area contributed by atoms with Gasteiger partial charge in [-0.25, -0.2) is 4.98 Å². The van der Waals surface area contributed by atoms with Gasteiger partial charge in [-0.05, 0) is 44.0 Å². The Morgan fingerprint density at radius 1 is 1.30 bits per heavy atom. The first-order valence-electron chi connectivity index (χ1n) is 8.18. The van der Waals surface area contributed by atoms with Crippen LogP contribution < -0.4 is 4.74 Å². The fraction of sp³-hybridized carbons (Fsp3) is 0.500. The summed E-state index contributed by atoms with van der Waals surface area (Å²) in [5.74, 6) is 0.813. The average Bonchev–Trinajstić information content (AvgIpc) is 3.24. The van der Waals surface area contributed by atoms with Crippen LogP contribution in [0.3, 0.4) is 0 Å². The van der Waals surface area contributed by atoms with Gasteiger partial charge in [-0.15, -0.1) is 0 Å². The summed E-state index contributed by atoms with van der Waals surface area (Å²) in [6.07, 6.45) is 7.76. The predicted molar refractivity (Wildman–Crippen MR) is 89.4 cm³/mol. The molecule has 124 valence electrons. The van der Waals surface area contributed by atoms with Crippen molar-refractivity contribution in [2.45, 2.75) is 38.0 Å². The lowest BCUT2D eigenvalue weighted by Gasteiger charge is -2.37. The zero-order chi connectivity index (χ0) is 16.3. The van der Waals surface area contributed by atoms with Gasteiger partial charge in [0.2, 0.25) is 0 Å². The Kier molecular flexibility index (Phi) is 4.68. The lowest BCUT2D eigenvalue weighted by atomic mass is 9.86. The Morgan fingerprint density at radius 3 is 2.74 bits per heavy atom. The highest BCUT2D eigenvalue weighted by molar-refractivity contribution is 5.31. The van der Waals surface area contributed by atoms with E-state index < -0.39 is 5.60 Å². The fourth-order valence-electron chi connectivity index (χ4n) is 3.51. The van der Waals surface area contributed by atoms with Crippen LogP contribution >= 0.6 is 0 Å². The van der Waals surface area contributed by atoms with Crippen LogP contribution in [0.1, 0.15) is 25.3 Å². The molecule has 0 amide bonds. The first-order valence-corrected chi connectivity index (χ1v) is 8.18. The monoisotopic (exact) mass is 315 g/mol. The highest BCUT2D eigenvalue weighted by atomic mass is 16.5. The SMILES string of the molecule is COc1ccc(C(C)(O)C2CCCN2CCn2ccnc2)cc1. The van der Waals surface area contributed by atoms with Crippen LogP contribution in [0.15, 0.2) is 43.0 Å². The molecule has 5 heteroatoms. The molecule has 1 N–H and O–H groups in total. The van der Waals surface area contributed by atoms with Crippen molar-refractivity contribution in [3.63, 3.8) is 0 Å². The summed E-state index contributed by atoms with van der Waals surface area (Å²) >= 11 is 0. The third-order valence-corrected chi connectivity index (χ3v) is 4.89. The third kappa shape index (κ3) is 3.41. The highest BCUT2D eigenvalue weighted by Gasteiger charge is 2.40. The summed E-state index contributed by atoms with van der Waals surface area (Å²) in [4.78, 5) is 6.48. The van der Waals surface area contributed by atoms with Gasteiger partial charge in [0, 0.05) is 31.5 Å². The zero-order valence-electron chi connectivity index (χ0n) is 13.9. The molecule has 2 atom stereocenters. The minimum absolute atomic E-state index is 0.138. The van der Waals surface area contributed by atoms with Crippen molar-refractivity contribution in [3.8, 4) is 5.75 Å². The van der Waals surface area contributed by atoms with E-state index in [4.69, 9.17) is 4.74 Å². The van der Waals surface area contributed by atoms with E-state index in [1.54, 1.807) is 13.3 Å². The summed E-state index contributed by atoms with van der Waals surface area (Å²) in [6, 6.07) is 7.89. The molecular formula is C18H25N3O2. The molecule has 5 nitrogen and oxygen atoms in total. The molecule has 1 aromatic heterocycles. The quantitative estimate of drug-likeness (QED) is 0.888. The topological polar surface area (TPSA) is 50.5 Å². The molecule has 0 saturated carbocycles. The number of aliphatic hydroxyl groups is 1. The second kappa shape index (κ2) is 6.72. The van der Waals surface area contributed by atoms with Crippen molar-refractivity contribution in [1.82, 2.24) is 14.5 Å². The lowest BCUT2D eigenvalue weighted by molar-refractivity contribution is -0.0237. The zero-order valence-corrected chi connectivity index (χ0v) is 13.9. The van der Waals surface area contributed by atoms with Gasteiger partial charge >= 0.3 is 0 Å². The van der Waals surface area contributed by atoms with Crippen molar-refractivity contribution in [3.05, 3.63) is 48.5 Å². The summed E-state index contributed by atoms with van der Waals surface area (Å²) in [5.41, 5.74) is 0.0791. The molecule has 1 saturated heterocycles. The molecule has 0 radical (unpaired) electrons. The van der Waals surface area contributed by atoms with Crippen LogP contribution in [0.25, 0.3) is 0 Å². The minimum Gasteiger partial charge on any atom is -0.497 e. The standard InChI is InChI=1S/C18H25N3O2/c1-18(22,15-5-7-16(23-2)8-6-15)17-4-3-10-21(17)13-12-20-11-9-19-14-20/h5-9,11,14,17,22H,3-4,10,12-13H2,1-2H3. The van der Waals surface area contributed by atoms with E-state index in [-0.39, 0.29) is 6.04 Å². The Hall–Kier alpha value is -1.85. The van der Waals surface area contributed by atoms with Gasteiger partial charge in [-0.1, -0.05) is 12.1 Å². The van der Waals surface area contributed by atoms with Gasteiger partial charge in [0.15, 0.2) is 0 Å². The maximum absolute atomic E-state index is 11.2. The van der Waals surface area contributed by atoms with Crippen molar-refractivity contribution < 1.29 is 9.84 Å². The van der Waals surface area contributed by atoms with Crippen LogP contribution in [-0.2, 0) is 12.1 Å². The first-order chi connectivity index (χ1) is 11.1. The summed E-state index contributed by atoms with van der Waals surface area (Å²) < 4.78 is 7.29. The first kappa shape index (κ1) is 16.0. The summed E-state index contributed by atoms with van der Waals surface area (Å²) in [5, 5.41) is 11.2. The third-order valence-electron chi connectivity index (χ3n) is 4.89. The number of hydrogen-bond acceptors (Lipinski definition) is 4. The van der Waals surface area contributed by atoms with Crippen LogP contribution in [0, 0.1) is 0 Å². The molecule has 1 aliphatic heterocycles. The van der Waals surface area contributed by atoms with Gasteiger partial charge in [-0.3, -0.25) is 4.90 Å². The van der Waals surface area contributed by atoms with Crippen LogP contribution in [0.2, 0.25) is 0 Å². The molecule has 3 rings (SSSR count). The van der Waals surface area contributed by atoms with E-state index in [0.29, 0.717) is 0 Å². The smallest absolute Gasteiger partial charge is 0.118 e. The number of benzene rings is 1. The number of rotatable bonds is 6. The molecule has 1 fully saturated rings. The number of nitrogens with zero attached hydrogens (tertiary/aromatic N) is 3. The van der Waals surface area contributed by atoms with Crippen molar-refractivity contribution in [2.24, 2.45) is 0 Å². The van der Waals surface area contributed by atoms with Crippen LogP contribution in [0.4, 0.5) is 0 Å². The molecule has 2 aromatic rings. The molecule has 0 spiro atoms. The molecule has 2 heterocycles. The predicted octanol–water partition coefficient (Wildman–Crippen LogP) is 2.26. The van der Waals surface area contributed by atoms with Crippen LogP contribution in [0.5, 0.6) is 5.75 Å². The maximum atomic E-state index is 11.2. The van der Waals surface area contributed by atoms with E-state index >= 15 is 0 Å². The minimum atomic E-state index is -0.863. The fourth-order valence-corrected chi connectivity index (χ4v) is 3.51. The molecular weight excluding hydrogens is 290 g/mol. The van der Waals surface area contributed by atoms with E-state index in [1.165, 1.54) is 0 Å². The number of aromatic nitrogens is 2. The number of methoxy groups -OCH3 is 1. The number of hydrogen-bond donors (Lipinski definition) is 1. The normalized spacial score (nSPS) is 21.3. The van der Waals surface area contributed by atoms with Gasteiger partial charge in [0.1, 0.15) is 11.4 Å². The van der Waals surface area contributed by atoms with Gasteiger partial charge in [-0.2, -0.15) is 0 Å². The molecule has 1 aliphatic rings. The summed E-state index contributed by atoms with van der Waals surface area (Å²) in [7, 11) is 1.65. The van der Waals surface area contributed by atoms with E-state index in [9.17, 15) is 5.11 Å².